The van der Waals surface area contributed by atoms with Crippen LogP contribution in [0, 0.1) is 5.92 Å². The van der Waals surface area contributed by atoms with Crippen molar-refractivity contribution in [2.45, 2.75) is 19.8 Å². The van der Waals surface area contributed by atoms with Gasteiger partial charge in [0.15, 0.2) is 0 Å². The highest BCUT2D eigenvalue weighted by Gasteiger charge is 2.22. The summed E-state index contributed by atoms with van der Waals surface area (Å²) in [6.45, 7) is 6.03. The Morgan fingerprint density at radius 1 is 1.33 bits per heavy atom. The van der Waals surface area contributed by atoms with E-state index >= 15 is 0 Å². The summed E-state index contributed by atoms with van der Waals surface area (Å²) in [4.78, 5) is 29.8. The zero-order chi connectivity index (χ0) is 19.8. The molecule has 1 saturated heterocycles. The first-order chi connectivity index (χ1) is 12.9. The molecule has 7 nitrogen and oxygen atoms in total. The van der Waals surface area contributed by atoms with Crippen molar-refractivity contribution >= 4 is 23.3 Å². The maximum Gasteiger partial charge on any atom is 0.321 e. The fourth-order valence-corrected chi connectivity index (χ4v) is 3.39. The number of hydrogen-bond acceptors (Lipinski definition) is 4. The van der Waals surface area contributed by atoms with Crippen molar-refractivity contribution in [1.29, 1.82) is 0 Å². The summed E-state index contributed by atoms with van der Waals surface area (Å²) >= 11 is 0. The van der Waals surface area contributed by atoms with Gasteiger partial charge in [0.2, 0.25) is 5.91 Å². The van der Waals surface area contributed by atoms with Crippen LogP contribution in [0.2, 0.25) is 0 Å². The number of likely N-dealkylation sites (tertiary alicyclic amines) is 1. The number of anilines is 2. The second-order valence-corrected chi connectivity index (χ2v) is 7.24. The van der Waals surface area contributed by atoms with Crippen LogP contribution < -0.4 is 10.2 Å². The lowest BCUT2D eigenvalue weighted by molar-refractivity contribution is -0.116. The number of ether oxygens (including phenoxy) is 1. The second-order valence-electron chi connectivity index (χ2n) is 7.24. The van der Waals surface area contributed by atoms with Gasteiger partial charge in [0.25, 0.3) is 0 Å². The molecule has 1 heterocycles. The van der Waals surface area contributed by atoms with E-state index in [4.69, 9.17) is 4.74 Å². The molecule has 1 fully saturated rings. The molecule has 0 saturated carbocycles. The molecule has 1 atom stereocenters. The van der Waals surface area contributed by atoms with Gasteiger partial charge in [0.05, 0.1) is 6.61 Å². The first-order valence-corrected chi connectivity index (χ1v) is 9.48. The average molecular weight is 377 g/mol. The van der Waals surface area contributed by atoms with Gasteiger partial charge in [-0.2, -0.15) is 0 Å². The Labute approximate surface area is 162 Å². The first kappa shape index (κ1) is 21.2. The third-order valence-corrected chi connectivity index (χ3v) is 5.05. The predicted molar refractivity (Wildman–Crippen MR) is 108 cm³/mol. The molecule has 1 aromatic carbocycles. The molecule has 0 aromatic heterocycles. The Balaban J connectivity index is 1.88. The smallest absolute Gasteiger partial charge is 0.321 e. The maximum atomic E-state index is 12.6. The number of nitrogens with zero attached hydrogens (tertiary/aromatic N) is 3. The van der Waals surface area contributed by atoms with Gasteiger partial charge in [-0.15, -0.1) is 0 Å². The van der Waals surface area contributed by atoms with Crippen LogP contribution in [0.3, 0.4) is 0 Å². The van der Waals surface area contributed by atoms with Gasteiger partial charge in [-0.1, -0.05) is 6.07 Å². The van der Waals surface area contributed by atoms with E-state index in [2.05, 4.69) is 10.2 Å². The zero-order valence-corrected chi connectivity index (χ0v) is 16.9. The zero-order valence-electron chi connectivity index (χ0n) is 16.9. The van der Waals surface area contributed by atoms with E-state index in [1.54, 1.807) is 30.0 Å². The van der Waals surface area contributed by atoms with E-state index < -0.39 is 0 Å². The fourth-order valence-electron chi connectivity index (χ4n) is 3.39. The van der Waals surface area contributed by atoms with Crippen LogP contribution in [0.25, 0.3) is 0 Å². The normalized spacial score (nSPS) is 17.4. The summed E-state index contributed by atoms with van der Waals surface area (Å²) < 4.78 is 5.17. The number of methoxy groups -OCH3 is 1. The van der Waals surface area contributed by atoms with Crippen molar-refractivity contribution < 1.29 is 14.3 Å². The molecule has 0 aliphatic carbocycles. The molecular formula is C20H32N4O3. The summed E-state index contributed by atoms with van der Waals surface area (Å²) in [5, 5.41) is 2.93. The van der Waals surface area contributed by atoms with Gasteiger partial charge >= 0.3 is 6.03 Å². The van der Waals surface area contributed by atoms with E-state index in [0.717, 1.165) is 51.3 Å². The molecule has 0 spiro atoms. The van der Waals surface area contributed by atoms with Gasteiger partial charge < -0.3 is 24.8 Å². The SMILES string of the molecule is COCCN1CCCC(CN(C)C(=O)Nc2cccc(N(C)C(C)=O)c2)C1. The summed E-state index contributed by atoms with van der Waals surface area (Å²) in [6.07, 6.45) is 2.29. The molecule has 1 aliphatic rings. The van der Waals surface area contributed by atoms with Crippen LogP contribution in [-0.2, 0) is 9.53 Å². The number of rotatable bonds is 7. The number of piperidine rings is 1. The van der Waals surface area contributed by atoms with E-state index in [0.29, 0.717) is 11.6 Å². The van der Waals surface area contributed by atoms with E-state index in [9.17, 15) is 9.59 Å². The van der Waals surface area contributed by atoms with Gasteiger partial charge in [0, 0.05) is 59.1 Å². The molecule has 3 amide bonds. The quantitative estimate of drug-likeness (QED) is 0.794. The molecule has 0 radical (unpaired) electrons. The lowest BCUT2D eigenvalue weighted by atomic mass is 9.97. The number of amides is 3. The Morgan fingerprint density at radius 2 is 2.11 bits per heavy atom. The average Bonchev–Trinajstić information content (AvgIpc) is 2.66. The first-order valence-electron chi connectivity index (χ1n) is 9.48. The lowest BCUT2D eigenvalue weighted by Crippen LogP contribution is -2.43. The number of nitrogens with one attached hydrogen (secondary N) is 1. The fraction of sp³-hybridized carbons (Fsp3) is 0.600. The third-order valence-electron chi connectivity index (χ3n) is 5.05. The topological polar surface area (TPSA) is 65.1 Å². The minimum absolute atomic E-state index is 0.0501. The van der Waals surface area contributed by atoms with Crippen LogP contribution in [0.15, 0.2) is 24.3 Å². The van der Waals surface area contributed by atoms with Crippen molar-refractivity contribution in [3.63, 3.8) is 0 Å². The Kier molecular flexibility index (Phi) is 8.06. The standard InChI is InChI=1S/C20H32N4O3/c1-16(25)23(3)19-9-5-8-18(13-19)21-20(26)22(2)14-17-7-6-10-24(15-17)11-12-27-4/h5,8-9,13,17H,6-7,10-12,14-15H2,1-4H3,(H,21,26). The highest BCUT2D eigenvalue weighted by Crippen LogP contribution is 2.20. The highest BCUT2D eigenvalue weighted by atomic mass is 16.5. The summed E-state index contributed by atoms with van der Waals surface area (Å²) in [6, 6.07) is 7.18. The number of hydrogen-bond donors (Lipinski definition) is 1. The molecule has 2 rings (SSSR count). The van der Waals surface area contributed by atoms with Crippen LogP contribution in [0.1, 0.15) is 19.8 Å². The lowest BCUT2D eigenvalue weighted by Gasteiger charge is -2.34. The van der Waals surface area contributed by atoms with E-state index in [-0.39, 0.29) is 11.9 Å². The number of benzene rings is 1. The Morgan fingerprint density at radius 3 is 2.81 bits per heavy atom. The van der Waals surface area contributed by atoms with Crippen molar-refractivity contribution in [3.05, 3.63) is 24.3 Å². The Bertz CT molecular complexity index is 637. The molecule has 1 aliphatic heterocycles. The van der Waals surface area contributed by atoms with Crippen molar-refractivity contribution in [2.75, 3.05) is 64.2 Å². The maximum absolute atomic E-state index is 12.6. The third kappa shape index (κ3) is 6.52. The van der Waals surface area contributed by atoms with E-state index in [1.165, 1.54) is 6.92 Å². The monoisotopic (exact) mass is 376 g/mol. The van der Waals surface area contributed by atoms with Gasteiger partial charge in [-0.25, -0.2) is 4.79 Å². The van der Waals surface area contributed by atoms with Crippen molar-refractivity contribution in [3.8, 4) is 0 Å². The molecule has 1 aromatic rings. The highest BCUT2D eigenvalue weighted by molar-refractivity contribution is 5.93. The Hall–Kier alpha value is -2.12. The van der Waals surface area contributed by atoms with Gasteiger partial charge in [-0.3, -0.25) is 4.79 Å². The van der Waals surface area contributed by atoms with Crippen molar-refractivity contribution in [2.24, 2.45) is 5.92 Å². The van der Waals surface area contributed by atoms with Gasteiger partial charge in [0.1, 0.15) is 0 Å². The molecule has 1 N–H and O–H groups in total. The number of urea groups is 1. The molecular weight excluding hydrogens is 344 g/mol. The minimum Gasteiger partial charge on any atom is -0.383 e. The largest absolute Gasteiger partial charge is 0.383 e. The molecule has 0 bridgehead atoms. The van der Waals surface area contributed by atoms with Crippen LogP contribution in [-0.4, -0.2) is 75.7 Å². The van der Waals surface area contributed by atoms with Gasteiger partial charge in [-0.05, 0) is 43.5 Å². The number of carbonyl (C=O) groups is 2. The second kappa shape index (κ2) is 10.3. The predicted octanol–water partition coefficient (Wildman–Crippen LogP) is 2.49. The van der Waals surface area contributed by atoms with Crippen LogP contribution in [0.5, 0.6) is 0 Å². The summed E-state index contributed by atoms with van der Waals surface area (Å²) in [5.41, 5.74) is 1.44. The molecule has 7 heteroatoms. The molecule has 27 heavy (non-hydrogen) atoms. The minimum atomic E-state index is -0.133. The summed E-state index contributed by atoms with van der Waals surface area (Å²) in [7, 11) is 5.27. The van der Waals surface area contributed by atoms with Crippen molar-refractivity contribution in [1.82, 2.24) is 9.80 Å². The van der Waals surface area contributed by atoms with Crippen LogP contribution >= 0.6 is 0 Å². The van der Waals surface area contributed by atoms with E-state index in [1.807, 2.05) is 25.2 Å². The molecule has 150 valence electrons. The van der Waals surface area contributed by atoms with Crippen LogP contribution in [0.4, 0.5) is 16.2 Å². The number of carbonyl (C=O) groups excluding carboxylic acids is 2. The summed E-state index contributed by atoms with van der Waals surface area (Å²) in [5.74, 6) is 0.424. The molecule has 1 unspecified atom stereocenters.